The molecule has 1 rings (SSSR count). The zero-order valence-electron chi connectivity index (χ0n) is 9.71. The van der Waals surface area contributed by atoms with Crippen LogP contribution in [0.3, 0.4) is 0 Å². The molecule has 3 heteroatoms. The summed E-state index contributed by atoms with van der Waals surface area (Å²) in [6, 6.07) is 10.1. The quantitative estimate of drug-likeness (QED) is 0.551. The van der Waals surface area contributed by atoms with E-state index in [0.717, 1.165) is 6.54 Å². The third kappa shape index (κ3) is 4.93. The predicted molar refractivity (Wildman–Crippen MR) is 62.4 cm³/mol. The van der Waals surface area contributed by atoms with Crippen LogP contribution in [-0.4, -0.2) is 19.1 Å². The molecule has 0 spiro atoms. The highest BCUT2D eigenvalue weighted by Crippen LogP contribution is 2.01. The summed E-state index contributed by atoms with van der Waals surface area (Å²) in [5.41, 5.74) is 4.19. The van der Waals surface area contributed by atoms with E-state index in [1.165, 1.54) is 5.56 Å². The fourth-order valence-corrected chi connectivity index (χ4v) is 1.03. The Morgan fingerprint density at radius 1 is 1.20 bits per heavy atom. The first-order valence-corrected chi connectivity index (χ1v) is 5.21. The summed E-state index contributed by atoms with van der Waals surface area (Å²) < 4.78 is 0. The van der Waals surface area contributed by atoms with Gasteiger partial charge in [-0.25, -0.2) is 5.48 Å². The average molecular weight is 208 g/mol. The van der Waals surface area contributed by atoms with Crippen LogP contribution in [0.5, 0.6) is 0 Å². The van der Waals surface area contributed by atoms with E-state index in [2.05, 4.69) is 24.6 Å². The lowest BCUT2D eigenvalue weighted by molar-refractivity contribution is 0.0163. The largest absolute Gasteiger partial charge is 0.313 e. The number of hydroxylamine groups is 1. The summed E-state index contributed by atoms with van der Waals surface area (Å²) in [5.74, 6) is 0. The van der Waals surface area contributed by atoms with Gasteiger partial charge in [-0.1, -0.05) is 30.3 Å². The minimum atomic E-state index is 0.0523. The molecule has 0 aliphatic heterocycles. The second kappa shape index (κ2) is 5.85. The predicted octanol–water partition coefficient (Wildman–Crippen LogP) is 1.71. The van der Waals surface area contributed by atoms with Gasteiger partial charge in [0.1, 0.15) is 0 Å². The molecule has 0 unspecified atom stereocenters. The molecule has 84 valence electrons. The van der Waals surface area contributed by atoms with Gasteiger partial charge in [-0.05, 0) is 26.5 Å². The molecule has 0 saturated carbocycles. The fraction of sp³-hybridized carbons (Fsp3) is 0.500. The monoisotopic (exact) mass is 208 g/mol. The summed E-state index contributed by atoms with van der Waals surface area (Å²) in [4.78, 5) is 5.37. The van der Waals surface area contributed by atoms with E-state index in [-0.39, 0.29) is 5.54 Å². The number of hydrogen-bond donors (Lipinski definition) is 2. The molecule has 0 heterocycles. The number of nitrogens with one attached hydrogen (secondary N) is 2. The molecule has 3 nitrogen and oxygen atoms in total. The van der Waals surface area contributed by atoms with Gasteiger partial charge in [-0.2, -0.15) is 0 Å². The van der Waals surface area contributed by atoms with Gasteiger partial charge < -0.3 is 5.32 Å². The van der Waals surface area contributed by atoms with Crippen LogP contribution >= 0.6 is 0 Å². The van der Waals surface area contributed by atoms with E-state index < -0.39 is 0 Å². The first-order valence-electron chi connectivity index (χ1n) is 5.21. The van der Waals surface area contributed by atoms with Crippen LogP contribution in [0.25, 0.3) is 0 Å². The Hall–Kier alpha value is -0.900. The Morgan fingerprint density at radius 2 is 1.87 bits per heavy atom. The van der Waals surface area contributed by atoms with Gasteiger partial charge in [0.25, 0.3) is 0 Å². The maximum atomic E-state index is 5.37. The Bertz CT molecular complexity index is 272. The van der Waals surface area contributed by atoms with Gasteiger partial charge in [-0.3, -0.25) is 4.84 Å². The Balaban J connectivity index is 2.18. The molecule has 0 saturated heterocycles. The van der Waals surface area contributed by atoms with Crippen molar-refractivity contribution < 1.29 is 4.84 Å². The molecular weight excluding hydrogens is 188 g/mol. The fourth-order valence-electron chi connectivity index (χ4n) is 1.03. The van der Waals surface area contributed by atoms with E-state index in [0.29, 0.717) is 6.61 Å². The van der Waals surface area contributed by atoms with E-state index in [9.17, 15) is 0 Å². The lowest BCUT2D eigenvalue weighted by atomic mass is 10.1. The number of hydrogen-bond acceptors (Lipinski definition) is 3. The van der Waals surface area contributed by atoms with Gasteiger partial charge in [0.15, 0.2) is 0 Å². The molecule has 1 aromatic carbocycles. The van der Waals surface area contributed by atoms with Crippen LogP contribution in [0.15, 0.2) is 30.3 Å². The van der Waals surface area contributed by atoms with Gasteiger partial charge in [-0.15, -0.1) is 0 Å². The molecule has 0 atom stereocenters. The van der Waals surface area contributed by atoms with E-state index in [4.69, 9.17) is 4.84 Å². The van der Waals surface area contributed by atoms with Crippen molar-refractivity contribution in [1.29, 1.82) is 0 Å². The van der Waals surface area contributed by atoms with E-state index in [1.807, 2.05) is 37.4 Å². The first-order chi connectivity index (χ1) is 7.14. The molecule has 0 radical (unpaired) electrons. The number of likely N-dealkylation sites (N-methyl/N-ethyl adjacent to an activating group) is 1. The summed E-state index contributed by atoms with van der Waals surface area (Å²) >= 11 is 0. The smallest absolute Gasteiger partial charge is 0.0933 e. The van der Waals surface area contributed by atoms with Gasteiger partial charge in [0.2, 0.25) is 0 Å². The minimum absolute atomic E-state index is 0.0523. The van der Waals surface area contributed by atoms with Crippen molar-refractivity contribution in [2.45, 2.75) is 26.0 Å². The zero-order chi connectivity index (χ0) is 11.1. The van der Waals surface area contributed by atoms with Crippen LogP contribution < -0.4 is 10.8 Å². The zero-order valence-corrected chi connectivity index (χ0v) is 9.71. The highest BCUT2D eigenvalue weighted by molar-refractivity contribution is 5.13. The van der Waals surface area contributed by atoms with Gasteiger partial charge >= 0.3 is 0 Å². The Morgan fingerprint density at radius 3 is 2.47 bits per heavy atom. The standard InChI is InChI=1S/C12H20N2O/c1-12(2,13-3)10-14-15-9-11-7-5-4-6-8-11/h4-8,13-14H,9-10H2,1-3H3. The van der Waals surface area contributed by atoms with E-state index in [1.54, 1.807) is 0 Å². The molecule has 0 aliphatic rings. The third-order valence-electron chi connectivity index (χ3n) is 2.37. The summed E-state index contributed by atoms with van der Waals surface area (Å²) in [6.45, 7) is 5.61. The van der Waals surface area contributed by atoms with E-state index >= 15 is 0 Å². The SMILES string of the molecule is CNC(C)(C)CNOCc1ccccc1. The highest BCUT2D eigenvalue weighted by Gasteiger charge is 2.13. The highest BCUT2D eigenvalue weighted by atomic mass is 16.6. The second-order valence-electron chi connectivity index (χ2n) is 4.23. The molecule has 2 N–H and O–H groups in total. The summed E-state index contributed by atoms with van der Waals surface area (Å²) in [5, 5.41) is 3.20. The number of benzene rings is 1. The molecule has 0 aliphatic carbocycles. The molecule has 1 aromatic rings. The van der Waals surface area contributed by atoms with Crippen LogP contribution in [0.1, 0.15) is 19.4 Å². The van der Waals surface area contributed by atoms with Crippen LogP contribution in [0, 0.1) is 0 Å². The molecule has 0 fully saturated rings. The van der Waals surface area contributed by atoms with Crippen molar-refractivity contribution >= 4 is 0 Å². The van der Waals surface area contributed by atoms with Crippen LogP contribution in [-0.2, 0) is 11.4 Å². The lowest BCUT2D eigenvalue weighted by Gasteiger charge is -2.23. The Labute approximate surface area is 91.8 Å². The van der Waals surface area contributed by atoms with Crippen molar-refractivity contribution in [2.24, 2.45) is 0 Å². The lowest BCUT2D eigenvalue weighted by Crippen LogP contribution is -2.45. The minimum Gasteiger partial charge on any atom is -0.313 e. The molecule has 15 heavy (non-hydrogen) atoms. The maximum absolute atomic E-state index is 5.37. The molecule has 0 aromatic heterocycles. The van der Waals surface area contributed by atoms with Crippen molar-refractivity contribution in [3.05, 3.63) is 35.9 Å². The van der Waals surface area contributed by atoms with Crippen LogP contribution in [0.2, 0.25) is 0 Å². The van der Waals surface area contributed by atoms with Crippen molar-refractivity contribution in [1.82, 2.24) is 10.8 Å². The van der Waals surface area contributed by atoms with Crippen molar-refractivity contribution in [2.75, 3.05) is 13.6 Å². The number of rotatable bonds is 6. The van der Waals surface area contributed by atoms with Gasteiger partial charge in [0.05, 0.1) is 6.61 Å². The van der Waals surface area contributed by atoms with Gasteiger partial charge in [0, 0.05) is 12.1 Å². The molecule has 0 bridgehead atoms. The average Bonchev–Trinajstić information content (AvgIpc) is 2.26. The van der Waals surface area contributed by atoms with Crippen molar-refractivity contribution in [3.8, 4) is 0 Å². The first kappa shape index (κ1) is 12.2. The Kier molecular flexibility index (Phi) is 4.75. The molecular formula is C12H20N2O. The normalized spacial score (nSPS) is 11.7. The maximum Gasteiger partial charge on any atom is 0.0933 e. The second-order valence-corrected chi connectivity index (χ2v) is 4.23. The summed E-state index contributed by atoms with van der Waals surface area (Å²) in [6.07, 6.45) is 0. The summed E-state index contributed by atoms with van der Waals surface area (Å²) in [7, 11) is 1.94. The van der Waals surface area contributed by atoms with Crippen LogP contribution in [0.4, 0.5) is 0 Å². The third-order valence-corrected chi connectivity index (χ3v) is 2.37. The molecule has 0 amide bonds. The van der Waals surface area contributed by atoms with Crippen molar-refractivity contribution in [3.63, 3.8) is 0 Å². The topological polar surface area (TPSA) is 33.3 Å².